The van der Waals surface area contributed by atoms with E-state index in [4.69, 9.17) is 11.6 Å². The SMILES string of the molecule is CCCC(=O)C(Cl)(OC(C)=O)C(=O)OCC. The van der Waals surface area contributed by atoms with Crippen LogP contribution in [0.2, 0.25) is 0 Å². The predicted molar refractivity (Wildman–Crippen MR) is 56.9 cm³/mol. The first-order valence-corrected chi connectivity index (χ1v) is 5.35. The first kappa shape index (κ1) is 14.9. The standard InChI is InChI=1S/C10H15ClO5/c1-4-6-8(13)10(11,16-7(3)12)9(14)15-5-2/h4-6H2,1-3H3. The van der Waals surface area contributed by atoms with E-state index in [2.05, 4.69) is 9.47 Å². The summed E-state index contributed by atoms with van der Waals surface area (Å²) in [5.41, 5.74) is 0. The van der Waals surface area contributed by atoms with Gasteiger partial charge in [-0.1, -0.05) is 18.5 Å². The molecule has 1 unspecified atom stereocenters. The molecule has 1 atom stereocenters. The highest BCUT2D eigenvalue weighted by Gasteiger charge is 2.48. The van der Waals surface area contributed by atoms with Crippen LogP contribution < -0.4 is 0 Å². The topological polar surface area (TPSA) is 69.7 Å². The normalized spacial score (nSPS) is 13.8. The van der Waals surface area contributed by atoms with E-state index in [0.29, 0.717) is 6.42 Å². The van der Waals surface area contributed by atoms with Crippen molar-refractivity contribution in [2.24, 2.45) is 0 Å². The van der Waals surface area contributed by atoms with Gasteiger partial charge in [-0.15, -0.1) is 0 Å². The molecule has 0 spiro atoms. The number of carbonyl (C=O) groups is 3. The molecule has 0 fully saturated rings. The molecule has 0 aliphatic carbocycles. The average Bonchev–Trinajstić information content (AvgIpc) is 2.17. The van der Waals surface area contributed by atoms with Gasteiger partial charge in [0.15, 0.2) is 0 Å². The number of hydrogen-bond acceptors (Lipinski definition) is 5. The lowest BCUT2D eigenvalue weighted by molar-refractivity contribution is -0.174. The van der Waals surface area contributed by atoms with Gasteiger partial charge in [-0.25, -0.2) is 4.79 Å². The molecule has 0 bridgehead atoms. The molecular formula is C10H15ClO5. The van der Waals surface area contributed by atoms with Crippen molar-refractivity contribution in [3.63, 3.8) is 0 Å². The monoisotopic (exact) mass is 250 g/mol. The molecular weight excluding hydrogens is 236 g/mol. The molecule has 5 nitrogen and oxygen atoms in total. The minimum atomic E-state index is -2.34. The maximum Gasteiger partial charge on any atom is 0.375 e. The highest BCUT2D eigenvalue weighted by atomic mass is 35.5. The van der Waals surface area contributed by atoms with Crippen LogP contribution in [0.4, 0.5) is 0 Å². The molecule has 0 saturated heterocycles. The smallest absolute Gasteiger partial charge is 0.375 e. The molecule has 16 heavy (non-hydrogen) atoms. The van der Waals surface area contributed by atoms with Crippen molar-refractivity contribution in [1.82, 2.24) is 0 Å². The van der Waals surface area contributed by atoms with Crippen molar-refractivity contribution in [3.05, 3.63) is 0 Å². The number of halogens is 1. The summed E-state index contributed by atoms with van der Waals surface area (Å²) in [7, 11) is 0. The van der Waals surface area contributed by atoms with Crippen LogP contribution in [0.5, 0.6) is 0 Å². The van der Waals surface area contributed by atoms with Crippen molar-refractivity contribution in [3.8, 4) is 0 Å². The van der Waals surface area contributed by atoms with Gasteiger partial charge in [-0.2, -0.15) is 0 Å². The van der Waals surface area contributed by atoms with Crippen molar-refractivity contribution in [1.29, 1.82) is 0 Å². The lowest BCUT2D eigenvalue weighted by atomic mass is 10.1. The molecule has 0 saturated carbocycles. The number of Topliss-reactive ketones (excluding diaryl/α,β-unsaturated/α-hetero) is 1. The maximum absolute atomic E-state index is 11.6. The summed E-state index contributed by atoms with van der Waals surface area (Å²) in [6.07, 6.45) is 0.531. The Hall–Kier alpha value is -1.10. The van der Waals surface area contributed by atoms with Gasteiger partial charge in [0.25, 0.3) is 0 Å². The molecule has 0 aliphatic heterocycles. The second-order valence-corrected chi connectivity index (χ2v) is 3.61. The summed E-state index contributed by atoms with van der Waals surface area (Å²) in [6, 6.07) is 0. The van der Waals surface area contributed by atoms with Crippen LogP contribution in [-0.2, 0) is 23.9 Å². The summed E-state index contributed by atoms with van der Waals surface area (Å²) >= 11 is 5.73. The van der Waals surface area contributed by atoms with Gasteiger partial charge in [0.05, 0.1) is 6.61 Å². The molecule has 0 radical (unpaired) electrons. The number of alkyl halides is 1. The Morgan fingerprint density at radius 3 is 2.19 bits per heavy atom. The van der Waals surface area contributed by atoms with Gasteiger partial charge >= 0.3 is 17.0 Å². The van der Waals surface area contributed by atoms with Crippen LogP contribution in [0.25, 0.3) is 0 Å². The van der Waals surface area contributed by atoms with E-state index < -0.39 is 22.8 Å². The molecule has 0 rings (SSSR count). The van der Waals surface area contributed by atoms with Crippen LogP contribution in [0.3, 0.4) is 0 Å². The molecule has 0 aromatic heterocycles. The number of esters is 2. The summed E-state index contributed by atoms with van der Waals surface area (Å²) in [5.74, 6) is -2.54. The van der Waals surface area contributed by atoms with Gasteiger partial charge in [-0.3, -0.25) is 9.59 Å². The van der Waals surface area contributed by atoms with E-state index in [1.54, 1.807) is 13.8 Å². The van der Waals surface area contributed by atoms with Gasteiger partial charge in [0.1, 0.15) is 0 Å². The third-order valence-electron chi connectivity index (χ3n) is 1.66. The molecule has 0 aliphatic rings. The van der Waals surface area contributed by atoms with Crippen LogP contribution >= 0.6 is 11.6 Å². The zero-order chi connectivity index (χ0) is 12.8. The van der Waals surface area contributed by atoms with Crippen LogP contribution in [0.1, 0.15) is 33.6 Å². The van der Waals surface area contributed by atoms with Gasteiger partial charge in [0, 0.05) is 13.3 Å². The fourth-order valence-electron chi connectivity index (χ4n) is 1.02. The lowest BCUT2D eigenvalue weighted by Gasteiger charge is -2.22. The van der Waals surface area contributed by atoms with Gasteiger partial charge in [-0.05, 0) is 13.3 Å². The van der Waals surface area contributed by atoms with Crippen LogP contribution in [0, 0.1) is 0 Å². The molecule has 0 aromatic carbocycles. The number of ketones is 1. The van der Waals surface area contributed by atoms with Crippen molar-refractivity contribution in [2.75, 3.05) is 6.61 Å². The number of ether oxygens (including phenoxy) is 2. The maximum atomic E-state index is 11.6. The zero-order valence-corrected chi connectivity index (χ0v) is 10.3. The quantitative estimate of drug-likeness (QED) is 0.405. The highest BCUT2D eigenvalue weighted by molar-refractivity contribution is 6.44. The predicted octanol–water partition coefficient (Wildman–Crippen LogP) is 1.42. The minimum Gasteiger partial charge on any atom is -0.462 e. The third-order valence-corrected chi connectivity index (χ3v) is 2.10. The second kappa shape index (κ2) is 6.48. The largest absolute Gasteiger partial charge is 0.462 e. The third kappa shape index (κ3) is 3.81. The fourth-order valence-corrected chi connectivity index (χ4v) is 1.28. The molecule has 0 aromatic rings. The number of hydrogen-bond donors (Lipinski definition) is 0. The second-order valence-electron chi connectivity index (χ2n) is 3.08. The summed E-state index contributed by atoms with van der Waals surface area (Å²) in [4.78, 5) is 33.9. The number of rotatable bonds is 6. The Morgan fingerprint density at radius 1 is 1.25 bits per heavy atom. The molecule has 92 valence electrons. The molecule has 6 heteroatoms. The van der Waals surface area contributed by atoms with Gasteiger partial charge < -0.3 is 9.47 Å². The summed E-state index contributed by atoms with van der Waals surface area (Å²) in [5, 5.41) is -2.34. The first-order valence-electron chi connectivity index (χ1n) is 4.97. The molecule has 0 amide bonds. The van der Waals surface area contributed by atoms with E-state index >= 15 is 0 Å². The Balaban J connectivity index is 4.93. The van der Waals surface area contributed by atoms with Crippen molar-refractivity contribution >= 4 is 29.3 Å². The molecule has 0 heterocycles. The van der Waals surface area contributed by atoms with E-state index in [1.165, 1.54) is 0 Å². The first-order chi connectivity index (χ1) is 7.38. The molecule has 0 N–H and O–H groups in total. The number of carbonyl (C=O) groups excluding carboxylic acids is 3. The fraction of sp³-hybridized carbons (Fsp3) is 0.700. The van der Waals surface area contributed by atoms with E-state index in [-0.39, 0.29) is 13.0 Å². The Labute approximate surface area is 99.0 Å². The van der Waals surface area contributed by atoms with Crippen molar-refractivity contribution < 1.29 is 23.9 Å². The van der Waals surface area contributed by atoms with E-state index in [1.807, 2.05) is 0 Å². The zero-order valence-electron chi connectivity index (χ0n) is 9.54. The van der Waals surface area contributed by atoms with Crippen LogP contribution in [-0.4, -0.2) is 29.4 Å². The van der Waals surface area contributed by atoms with Crippen LogP contribution in [0.15, 0.2) is 0 Å². The Morgan fingerprint density at radius 2 is 1.81 bits per heavy atom. The Bertz CT molecular complexity index is 269. The highest BCUT2D eigenvalue weighted by Crippen LogP contribution is 2.23. The van der Waals surface area contributed by atoms with E-state index in [0.717, 1.165) is 6.92 Å². The Kier molecular flexibility index (Phi) is 6.03. The summed E-state index contributed by atoms with van der Waals surface area (Å²) in [6.45, 7) is 4.42. The van der Waals surface area contributed by atoms with Gasteiger partial charge in [0.2, 0.25) is 5.78 Å². The lowest BCUT2D eigenvalue weighted by Crippen LogP contribution is -2.46. The minimum absolute atomic E-state index is 0.0373. The van der Waals surface area contributed by atoms with E-state index in [9.17, 15) is 14.4 Å². The average molecular weight is 251 g/mol. The summed E-state index contributed by atoms with van der Waals surface area (Å²) < 4.78 is 9.18. The van der Waals surface area contributed by atoms with Crippen molar-refractivity contribution in [2.45, 2.75) is 38.7 Å².